The highest BCUT2D eigenvalue weighted by molar-refractivity contribution is 5.96. The van der Waals surface area contributed by atoms with E-state index in [4.69, 9.17) is 5.73 Å². The number of hydrogen-bond acceptors (Lipinski definition) is 3. The number of esters is 1. The second-order valence-corrected chi connectivity index (χ2v) is 2.71. The Kier molecular flexibility index (Phi) is 3.01. The van der Waals surface area contributed by atoms with Crippen molar-refractivity contribution in [2.24, 2.45) is 0 Å². The first kappa shape index (κ1) is 10.4. The van der Waals surface area contributed by atoms with E-state index >= 15 is 0 Å². The lowest BCUT2D eigenvalue weighted by Gasteiger charge is -2.07. The Morgan fingerprint density at radius 2 is 2.14 bits per heavy atom. The van der Waals surface area contributed by atoms with Gasteiger partial charge in [0.25, 0.3) is 0 Å². The van der Waals surface area contributed by atoms with Crippen molar-refractivity contribution in [1.29, 1.82) is 0 Å². The van der Waals surface area contributed by atoms with E-state index in [1.165, 1.54) is 6.07 Å². The third kappa shape index (κ3) is 2.18. The summed E-state index contributed by atoms with van der Waals surface area (Å²) in [6.45, 7) is -1.53. The molecular formula is C9H9F2NO2. The molecule has 0 saturated carbocycles. The van der Waals surface area contributed by atoms with Crippen molar-refractivity contribution in [2.75, 3.05) is 5.73 Å². The molecule has 0 fully saturated rings. The summed E-state index contributed by atoms with van der Waals surface area (Å²) < 4.78 is 27.2. The van der Waals surface area contributed by atoms with E-state index in [9.17, 15) is 13.6 Å². The SMILES string of the molecule is Cc1cccc(N)c1C(=O)OC(F)F. The first-order chi connectivity index (χ1) is 6.52. The summed E-state index contributed by atoms with van der Waals surface area (Å²) in [4.78, 5) is 11.1. The molecule has 76 valence electrons. The van der Waals surface area contributed by atoms with Crippen LogP contribution in [-0.4, -0.2) is 12.6 Å². The zero-order chi connectivity index (χ0) is 10.7. The predicted molar refractivity (Wildman–Crippen MR) is 47.0 cm³/mol. The normalized spacial score (nSPS) is 10.3. The molecule has 0 aliphatic rings. The molecule has 1 aromatic rings. The van der Waals surface area contributed by atoms with Crippen LogP contribution in [0.5, 0.6) is 0 Å². The van der Waals surface area contributed by atoms with Gasteiger partial charge < -0.3 is 10.5 Å². The Balaban J connectivity index is 3.00. The number of aryl methyl sites for hydroxylation is 1. The van der Waals surface area contributed by atoms with Crippen molar-refractivity contribution in [3.8, 4) is 0 Å². The van der Waals surface area contributed by atoms with Crippen LogP contribution in [0.25, 0.3) is 0 Å². The molecule has 0 aliphatic carbocycles. The van der Waals surface area contributed by atoms with E-state index in [1.807, 2.05) is 0 Å². The van der Waals surface area contributed by atoms with Crippen LogP contribution >= 0.6 is 0 Å². The standard InChI is InChI=1S/C9H9F2NO2/c1-5-3-2-4-6(12)7(5)8(13)14-9(10)11/h2-4,9H,12H2,1H3. The number of anilines is 1. The molecule has 0 radical (unpaired) electrons. The van der Waals surface area contributed by atoms with Crippen LogP contribution in [0, 0.1) is 6.92 Å². The predicted octanol–water partition coefficient (Wildman–Crippen LogP) is 1.96. The first-order valence-corrected chi connectivity index (χ1v) is 3.86. The summed E-state index contributed by atoms with van der Waals surface area (Å²) in [5, 5.41) is 0. The molecule has 0 spiro atoms. The van der Waals surface area contributed by atoms with Gasteiger partial charge in [0.15, 0.2) is 0 Å². The summed E-state index contributed by atoms with van der Waals surface area (Å²) in [5.41, 5.74) is 6.09. The molecule has 0 bridgehead atoms. The molecule has 1 aromatic carbocycles. The molecule has 0 aliphatic heterocycles. The van der Waals surface area contributed by atoms with Gasteiger partial charge in [-0.25, -0.2) is 4.79 Å². The van der Waals surface area contributed by atoms with Crippen molar-refractivity contribution in [2.45, 2.75) is 13.5 Å². The molecule has 3 nitrogen and oxygen atoms in total. The molecule has 1 rings (SSSR count). The van der Waals surface area contributed by atoms with Crippen LogP contribution in [-0.2, 0) is 4.74 Å². The number of hydrogen-bond donors (Lipinski definition) is 1. The number of alkyl halides is 2. The van der Waals surface area contributed by atoms with Gasteiger partial charge >= 0.3 is 12.6 Å². The molecule has 14 heavy (non-hydrogen) atoms. The summed E-state index contributed by atoms with van der Waals surface area (Å²) >= 11 is 0. The van der Waals surface area contributed by atoms with Gasteiger partial charge in [-0.15, -0.1) is 0 Å². The smallest absolute Gasteiger partial charge is 0.389 e. The zero-order valence-electron chi connectivity index (χ0n) is 7.46. The minimum atomic E-state index is -3.12. The van der Waals surface area contributed by atoms with E-state index < -0.39 is 12.6 Å². The first-order valence-electron chi connectivity index (χ1n) is 3.86. The number of carbonyl (C=O) groups is 1. The van der Waals surface area contributed by atoms with Gasteiger partial charge in [0.2, 0.25) is 0 Å². The maximum Gasteiger partial charge on any atom is 0.389 e. The molecule has 0 amide bonds. The number of nitrogen functional groups attached to an aromatic ring is 1. The van der Waals surface area contributed by atoms with Crippen molar-refractivity contribution in [1.82, 2.24) is 0 Å². The molecule has 0 aromatic heterocycles. The minimum Gasteiger partial charge on any atom is -0.399 e. The van der Waals surface area contributed by atoms with Gasteiger partial charge in [-0.2, -0.15) is 8.78 Å². The topological polar surface area (TPSA) is 52.3 Å². The largest absolute Gasteiger partial charge is 0.399 e. The lowest BCUT2D eigenvalue weighted by Crippen LogP contribution is -2.13. The van der Waals surface area contributed by atoms with Gasteiger partial charge in [-0.1, -0.05) is 12.1 Å². The van der Waals surface area contributed by atoms with Crippen molar-refractivity contribution < 1.29 is 18.3 Å². The molecular weight excluding hydrogens is 192 g/mol. The Bertz CT molecular complexity index is 332. The average Bonchev–Trinajstić information content (AvgIpc) is 2.01. The lowest BCUT2D eigenvalue weighted by atomic mass is 10.1. The minimum absolute atomic E-state index is 0.00667. The summed E-state index contributed by atoms with van der Waals surface area (Å²) in [7, 11) is 0. The quantitative estimate of drug-likeness (QED) is 0.587. The third-order valence-corrected chi connectivity index (χ3v) is 1.71. The van der Waals surface area contributed by atoms with Crippen LogP contribution < -0.4 is 5.73 Å². The van der Waals surface area contributed by atoms with Gasteiger partial charge in [0.1, 0.15) is 0 Å². The van der Waals surface area contributed by atoms with Gasteiger partial charge in [-0.3, -0.25) is 0 Å². The van der Waals surface area contributed by atoms with Crippen molar-refractivity contribution in [3.05, 3.63) is 29.3 Å². The Labute approximate surface area is 79.5 Å². The van der Waals surface area contributed by atoms with E-state index in [0.717, 1.165) is 0 Å². The maximum atomic E-state index is 11.8. The fourth-order valence-electron chi connectivity index (χ4n) is 1.11. The Morgan fingerprint density at radius 3 is 2.64 bits per heavy atom. The van der Waals surface area contributed by atoms with Crippen LogP contribution in [0.2, 0.25) is 0 Å². The summed E-state index contributed by atoms with van der Waals surface area (Å²) in [5.74, 6) is -1.10. The van der Waals surface area contributed by atoms with Gasteiger partial charge in [0, 0.05) is 5.69 Å². The van der Waals surface area contributed by atoms with Crippen LogP contribution in [0.3, 0.4) is 0 Å². The molecule has 0 saturated heterocycles. The number of carbonyl (C=O) groups excluding carboxylic acids is 1. The van der Waals surface area contributed by atoms with Gasteiger partial charge in [-0.05, 0) is 18.6 Å². The lowest BCUT2D eigenvalue weighted by molar-refractivity contribution is -0.0905. The van der Waals surface area contributed by atoms with E-state index in [1.54, 1.807) is 19.1 Å². The molecule has 0 unspecified atom stereocenters. The van der Waals surface area contributed by atoms with Gasteiger partial charge in [0.05, 0.1) is 5.56 Å². The highest BCUT2D eigenvalue weighted by Gasteiger charge is 2.17. The van der Waals surface area contributed by atoms with Crippen molar-refractivity contribution in [3.63, 3.8) is 0 Å². The zero-order valence-corrected chi connectivity index (χ0v) is 7.46. The Hall–Kier alpha value is -1.65. The fourth-order valence-corrected chi connectivity index (χ4v) is 1.11. The summed E-state index contributed by atoms with van der Waals surface area (Å²) in [6, 6.07) is 4.68. The van der Waals surface area contributed by atoms with Crippen LogP contribution in [0.15, 0.2) is 18.2 Å². The second-order valence-electron chi connectivity index (χ2n) is 2.71. The molecule has 5 heteroatoms. The fraction of sp³-hybridized carbons (Fsp3) is 0.222. The second kappa shape index (κ2) is 4.04. The number of halogens is 2. The highest BCUT2D eigenvalue weighted by Crippen LogP contribution is 2.18. The van der Waals surface area contributed by atoms with Crippen LogP contribution in [0.4, 0.5) is 14.5 Å². The van der Waals surface area contributed by atoms with Crippen LogP contribution in [0.1, 0.15) is 15.9 Å². The number of ether oxygens (including phenoxy) is 1. The molecule has 0 atom stereocenters. The number of benzene rings is 1. The summed E-state index contributed by atoms with van der Waals surface area (Å²) in [6.07, 6.45) is 0. The molecule has 2 N–H and O–H groups in total. The highest BCUT2D eigenvalue weighted by atomic mass is 19.3. The monoisotopic (exact) mass is 201 g/mol. The van der Waals surface area contributed by atoms with E-state index in [0.29, 0.717) is 5.56 Å². The Morgan fingerprint density at radius 1 is 1.50 bits per heavy atom. The molecule has 0 heterocycles. The average molecular weight is 201 g/mol. The van der Waals surface area contributed by atoms with E-state index in [2.05, 4.69) is 4.74 Å². The number of rotatable bonds is 2. The van der Waals surface area contributed by atoms with Crippen molar-refractivity contribution >= 4 is 11.7 Å². The van der Waals surface area contributed by atoms with E-state index in [-0.39, 0.29) is 11.3 Å². The maximum absolute atomic E-state index is 11.8. The third-order valence-electron chi connectivity index (χ3n) is 1.71. The number of nitrogens with two attached hydrogens (primary N) is 1.